The van der Waals surface area contributed by atoms with Gasteiger partial charge in [-0.2, -0.15) is 13.2 Å². The van der Waals surface area contributed by atoms with Crippen LogP contribution in [0.25, 0.3) is 10.7 Å². The van der Waals surface area contributed by atoms with E-state index in [-0.39, 0.29) is 25.1 Å². The Labute approximate surface area is 161 Å². The minimum Gasteiger partial charge on any atom is -0.352 e. The van der Waals surface area contributed by atoms with Crippen molar-refractivity contribution in [2.45, 2.75) is 25.6 Å². The van der Waals surface area contributed by atoms with E-state index in [0.29, 0.717) is 11.4 Å². The number of hydrogen-bond acceptors (Lipinski definition) is 5. The molecular formula is C18H15F3N4O2S. The van der Waals surface area contributed by atoms with Crippen LogP contribution in [0.3, 0.4) is 0 Å². The van der Waals surface area contributed by atoms with Gasteiger partial charge in [0, 0.05) is 19.4 Å². The van der Waals surface area contributed by atoms with Crippen molar-refractivity contribution in [3.63, 3.8) is 0 Å². The molecule has 0 aliphatic rings. The van der Waals surface area contributed by atoms with Gasteiger partial charge in [0.25, 0.3) is 5.56 Å². The highest BCUT2D eigenvalue weighted by molar-refractivity contribution is 7.13. The molecule has 3 aromatic rings. The molecule has 0 fully saturated rings. The highest BCUT2D eigenvalue weighted by atomic mass is 32.1. The van der Waals surface area contributed by atoms with Gasteiger partial charge in [0.05, 0.1) is 10.4 Å². The Kier molecular flexibility index (Phi) is 5.88. The number of H-pyrrole nitrogens is 1. The number of benzene rings is 1. The molecular weight excluding hydrogens is 393 g/mol. The molecule has 2 aromatic heterocycles. The summed E-state index contributed by atoms with van der Waals surface area (Å²) in [7, 11) is 0. The lowest BCUT2D eigenvalue weighted by molar-refractivity contribution is -0.137. The lowest BCUT2D eigenvalue weighted by atomic mass is 10.1. The van der Waals surface area contributed by atoms with Crippen LogP contribution in [0, 0.1) is 0 Å². The average molecular weight is 408 g/mol. The van der Waals surface area contributed by atoms with Crippen LogP contribution in [-0.4, -0.2) is 21.1 Å². The van der Waals surface area contributed by atoms with Crippen LogP contribution in [0.4, 0.5) is 13.2 Å². The zero-order valence-electron chi connectivity index (χ0n) is 14.4. The smallest absolute Gasteiger partial charge is 0.352 e. The third-order valence-electron chi connectivity index (χ3n) is 3.85. The predicted octanol–water partition coefficient (Wildman–Crippen LogP) is 3.16. The second kappa shape index (κ2) is 8.34. The number of aromatic amines is 1. The van der Waals surface area contributed by atoms with Gasteiger partial charge in [0.15, 0.2) is 5.82 Å². The first-order chi connectivity index (χ1) is 13.3. The van der Waals surface area contributed by atoms with E-state index in [2.05, 4.69) is 20.5 Å². The zero-order chi connectivity index (χ0) is 20.1. The Balaban J connectivity index is 1.54. The van der Waals surface area contributed by atoms with Crippen molar-refractivity contribution in [1.29, 1.82) is 0 Å². The fourth-order valence-electron chi connectivity index (χ4n) is 2.43. The lowest BCUT2D eigenvalue weighted by Gasteiger charge is -2.09. The number of amides is 1. The number of rotatable bonds is 6. The van der Waals surface area contributed by atoms with Crippen LogP contribution in [0.2, 0.25) is 0 Å². The van der Waals surface area contributed by atoms with E-state index in [0.717, 1.165) is 17.0 Å². The highest BCUT2D eigenvalue weighted by Crippen LogP contribution is 2.29. The SMILES string of the molecule is O=C(CCc1nnc(-c2cccs2)[nH]c1=O)NCc1cccc(C(F)(F)F)c1. The number of aromatic nitrogens is 3. The molecule has 6 nitrogen and oxygen atoms in total. The summed E-state index contributed by atoms with van der Waals surface area (Å²) in [6, 6.07) is 8.35. The van der Waals surface area contributed by atoms with Crippen LogP contribution in [0.15, 0.2) is 46.6 Å². The highest BCUT2D eigenvalue weighted by Gasteiger charge is 2.30. The second-order valence-corrected chi connectivity index (χ2v) is 6.85. The monoisotopic (exact) mass is 408 g/mol. The van der Waals surface area contributed by atoms with Gasteiger partial charge < -0.3 is 10.3 Å². The molecule has 2 N–H and O–H groups in total. The molecule has 10 heteroatoms. The molecule has 0 spiro atoms. The largest absolute Gasteiger partial charge is 0.416 e. The first kappa shape index (κ1) is 19.7. The first-order valence-corrected chi connectivity index (χ1v) is 9.13. The molecule has 0 radical (unpaired) electrons. The van der Waals surface area contributed by atoms with Crippen LogP contribution in [-0.2, 0) is 23.9 Å². The summed E-state index contributed by atoms with van der Waals surface area (Å²) >= 11 is 1.41. The van der Waals surface area contributed by atoms with E-state index >= 15 is 0 Å². The number of nitrogens with one attached hydrogen (secondary N) is 2. The molecule has 2 heterocycles. The molecule has 0 atom stereocenters. The Bertz CT molecular complexity index is 1020. The summed E-state index contributed by atoms with van der Waals surface area (Å²) in [5, 5.41) is 12.2. The number of carbonyl (C=O) groups is 1. The topological polar surface area (TPSA) is 87.7 Å². The minimum atomic E-state index is -4.44. The van der Waals surface area contributed by atoms with Gasteiger partial charge in [0.1, 0.15) is 5.69 Å². The summed E-state index contributed by atoms with van der Waals surface area (Å²) in [5.74, 6) is -0.0429. The number of aryl methyl sites for hydroxylation is 1. The van der Waals surface area contributed by atoms with Gasteiger partial charge in [-0.3, -0.25) is 9.59 Å². The summed E-state index contributed by atoms with van der Waals surface area (Å²) < 4.78 is 38.1. The van der Waals surface area contributed by atoms with Crippen molar-refractivity contribution in [2.24, 2.45) is 0 Å². The Morgan fingerprint density at radius 3 is 2.68 bits per heavy atom. The molecule has 146 valence electrons. The van der Waals surface area contributed by atoms with Crippen molar-refractivity contribution in [3.8, 4) is 10.7 Å². The van der Waals surface area contributed by atoms with E-state index < -0.39 is 23.2 Å². The van der Waals surface area contributed by atoms with E-state index in [1.807, 2.05) is 11.4 Å². The predicted molar refractivity (Wildman–Crippen MR) is 97.6 cm³/mol. The van der Waals surface area contributed by atoms with Gasteiger partial charge >= 0.3 is 6.18 Å². The molecule has 1 aromatic carbocycles. The number of hydrogen-bond donors (Lipinski definition) is 2. The fraction of sp³-hybridized carbons (Fsp3) is 0.222. The molecule has 0 aliphatic heterocycles. The van der Waals surface area contributed by atoms with E-state index in [1.165, 1.54) is 23.5 Å². The summed E-state index contributed by atoms with van der Waals surface area (Å²) in [6.45, 7) is -0.0396. The van der Waals surface area contributed by atoms with Gasteiger partial charge in [-0.15, -0.1) is 21.5 Å². The maximum Gasteiger partial charge on any atom is 0.416 e. The molecule has 28 heavy (non-hydrogen) atoms. The van der Waals surface area contributed by atoms with Gasteiger partial charge in [0.2, 0.25) is 5.91 Å². The molecule has 0 saturated heterocycles. The normalized spacial score (nSPS) is 11.4. The minimum absolute atomic E-state index is 0.0327. The molecule has 1 amide bonds. The van der Waals surface area contributed by atoms with Gasteiger partial charge in [-0.1, -0.05) is 18.2 Å². The number of halogens is 3. The molecule has 0 unspecified atom stereocenters. The van der Waals surface area contributed by atoms with Crippen LogP contribution in [0.1, 0.15) is 23.2 Å². The average Bonchev–Trinajstić information content (AvgIpc) is 3.19. The number of thiophene rings is 1. The molecule has 0 bridgehead atoms. The lowest BCUT2D eigenvalue weighted by Crippen LogP contribution is -2.25. The van der Waals surface area contributed by atoms with Crippen LogP contribution in [0.5, 0.6) is 0 Å². The third-order valence-corrected chi connectivity index (χ3v) is 4.73. The van der Waals surface area contributed by atoms with Crippen molar-refractivity contribution < 1.29 is 18.0 Å². The Morgan fingerprint density at radius 2 is 2.00 bits per heavy atom. The van der Waals surface area contributed by atoms with Crippen molar-refractivity contribution in [1.82, 2.24) is 20.5 Å². The number of alkyl halides is 3. The van der Waals surface area contributed by atoms with Crippen molar-refractivity contribution in [3.05, 3.63) is 69.0 Å². The summed E-state index contributed by atoms with van der Waals surface area (Å²) in [5.41, 5.74) is -0.744. The van der Waals surface area contributed by atoms with E-state index in [4.69, 9.17) is 0 Å². The van der Waals surface area contributed by atoms with Crippen molar-refractivity contribution in [2.75, 3.05) is 0 Å². The standard InChI is InChI=1S/C18H15F3N4O2S/c19-18(20,21)12-4-1-3-11(9-12)10-22-15(26)7-6-13-17(27)23-16(25-24-13)14-5-2-8-28-14/h1-5,8-9H,6-7,10H2,(H,22,26)(H,23,25,27). The van der Waals surface area contributed by atoms with Crippen molar-refractivity contribution >= 4 is 17.2 Å². The Hall–Kier alpha value is -3.01. The third kappa shape index (κ3) is 5.03. The number of carbonyl (C=O) groups excluding carboxylic acids is 1. The molecule has 0 aliphatic carbocycles. The molecule has 3 rings (SSSR count). The van der Waals surface area contributed by atoms with Gasteiger partial charge in [-0.25, -0.2) is 0 Å². The maximum absolute atomic E-state index is 12.7. The van der Waals surface area contributed by atoms with Crippen LogP contribution < -0.4 is 10.9 Å². The number of nitrogens with zero attached hydrogens (tertiary/aromatic N) is 2. The first-order valence-electron chi connectivity index (χ1n) is 8.25. The summed E-state index contributed by atoms with van der Waals surface area (Å²) in [6.07, 6.45) is -4.40. The Morgan fingerprint density at radius 1 is 1.18 bits per heavy atom. The quantitative estimate of drug-likeness (QED) is 0.656. The fourth-order valence-corrected chi connectivity index (χ4v) is 3.09. The second-order valence-electron chi connectivity index (χ2n) is 5.90. The molecule has 0 saturated carbocycles. The zero-order valence-corrected chi connectivity index (χ0v) is 15.2. The van der Waals surface area contributed by atoms with E-state index in [9.17, 15) is 22.8 Å². The van der Waals surface area contributed by atoms with Gasteiger partial charge in [-0.05, 0) is 29.1 Å². The summed E-state index contributed by atoms with van der Waals surface area (Å²) in [4.78, 5) is 27.4. The van der Waals surface area contributed by atoms with E-state index in [1.54, 1.807) is 6.07 Å². The maximum atomic E-state index is 12.7. The van der Waals surface area contributed by atoms with Crippen LogP contribution >= 0.6 is 11.3 Å².